The molecule has 0 saturated carbocycles. The van der Waals surface area contributed by atoms with Crippen LogP contribution in [0.3, 0.4) is 0 Å². The van der Waals surface area contributed by atoms with Crippen molar-refractivity contribution < 1.29 is 19.8 Å². The van der Waals surface area contributed by atoms with Gasteiger partial charge >= 0.3 is 6.03 Å². The highest BCUT2D eigenvalue weighted by Gasteiger charge is 2.55. The molecule has 6 nitrogen and oxygen atoms in total. The van der Waals surface area contributed by atoms with E-state index in [1.54, 1.807) is 26.0 Å². The van der Waals surface area contributed by atoms with E-state index in [2.05, 4.69) is 13.2 Å². The first kappa shape index (κ1) is 19.4. The molecule has 2 N–H and O–H groups in total. The number of hydrogen-bond acceptors (Lipinski definition) is 4. The predicted molar refractivity (Wildman–Crippen MR) is 88.3 cm³/mol. The van der Waals surface area contributed by atoms with Gasteiger partial charge in [-0.2, -0.15) is 0 Å². The van der Waals surface area contributed by atoms with Gasteiger partial charge in [-0.1, -0.05) is 12.2 Å². The molecule has 1 aliphatic heterocycles. The summed E-state index contributed by atoms with van der Waals surface area (Å²) in [5, 5.41) is 20.5. The molecule has 130 valence electrons. The van der Waals surface area contributed by atoms with Crippen molar-refractivity contribution in [3.63, 3.8) is 0 Å². The molecular weight excluding hydrogens is 296 g/mol. The van der Waals surface area contributed by atoms with E-state index in [4.69, 9.17) is 0 Å². The summed E-state index contributed by atoms with van der Waals surface area (Å²) in [6.07, 6.45) is 4.59. The van der Waals surface area contributed by atoms with Gasteiger partial charge in [-0.15, -0.1) is 13.2 Å². The van der Waals surface area contributed by atoms with Gasteiger partial charge in [0.25, 0.3) is 5.91 Å². The monoisotopic (exact) mass is 324 g/mol. The second kappa shape index (κ2) is 8.26. The lowest BCUT2D eigenvalue weighted by Crippen LogP contribution is -2.50. The van der Waals surface area contributed by atoms with Gasteiger partial charge in [-0.05, 0) is 52.4 Å². The molecule has 1 rings (SSSR count). The number of carbonyl (C=O) groups excluding carboxylic acids is 2. The molecule has 1 aliphatic rings. The van der Waals surface area contributed by atoms with Crippen molar-refractivity contribution in [2.75, 3.05) is 0 Å². The topological polar surface area (TPSA) is 81.1 Å². The maximum atomic E-state index is 12.6. The Bertz CT molecular complexity index is 462. The number of imide groups is 1. The number of urea groups is 1. The van der Waals surface area contributed by atoms with Crippen LogP contribution in [0.5, 0.6) is 0 Å². The Balaban J connectivity index is 2.85. The normalized spacial score (nSPS) is 19.8. The second-order valence-corrected chi connectivity index (χ2v) is 6.29. The van der Waals surface area contributed by atoms with E-state index in [0.29, 0.717) is 32.1 Å². The van der Waals surface area contributed by atoms with Gasteiger partial charge < -0.3 is 10.2 Å². The van der Waals surface area contributed by atoms with Crippen LogP contribution in [-0.4, -0.2) is 49.9 Å². The quantitative estimate of drug-likeness (QED) is 0.367. The lowest BCUT2D eigenvalue weighted by molar-refractivity contribution is -0.140. The molecule has 0 spiro atoms. The largest absolute Gasteiger partial charge is 0.373 e. The molecule has 1 heterocycles. The highest BCUT2D eigenvalue weighted by atomic mass is 16.3. The smallest absolute Gasteiger partial charge is 0.331 e. The summed E-state index contributed by atoms with van der Waals surface area (Å²) in [6, 6.07) is -0.641. The second-order valence-electron chi connectivity index (χ2n) is 6.29. The minimum Gasteiger partial charge on any atom is -0.373 e. The lowest BCUT2D eigenvalue weighted by Gasteiger charge is -2.32. The number of amides is 3. The maximum absolute atomic E-state index is 12.6. The van der Waals surface area contributed by atoms with E-state index in [1.165, 1.54) is 0 Å². The highest BCUT2D eigenvalue weighted by molar-refractivity contribution is 6.06. The molecule has 0 bridgehead atoms. The zero-order chi connectivity index (χ0) is 17.6. The van der Waals surface area contributed by atoms with E-state index in [9.17, 15) is 19.8 Å². The summed E-state index contributed by atoms with van der Waals surface area (Å²) in [7, 11) is 0. The van der Waals surface area contributed by atoms with E-state index < -0.39 is 29.9 Å². The first-order chi connectivity index (χ1) is 10.8. The highest BCUT2D eigenvalue weighted by Crippen LogP contribution is 2.32. The van der Waals surface area contributed by atoms with E-state index in [0.717, 1.165) is 16.2 Å². The molecule has 3 amide bonds. The lowest BCUT2D eigenvalue weighted by atomic mass is 10.0. The van der Waals surface area contributed by atoms with Crippen molar-refractivity contribution in [1.29, 1.82) is 0 Å². The molecule has 0 unspecified atom stereocenters. The molecule has 23 heavy (non-hydrogen) atoms. The fraction of sp³-hybridized carbons (Fsp3) is 0.647. The third-order valence-corrected chi connectivity index (χ3v) is 4.09. The number of aliphatic hydroxyl groups excluding tert-OH is 2. The Kier molecular flexibility index (Phi) is 6.97. The maximum Gasteiger partial charge on any atom is 0.331 e. The molecule has 0 aromatic heterocycles. The first-order valence-corrected chi connectivity index (χ1v) is 8.03. The van der Waals surface area contributed by atoms with Crippen LogP contribution in [0, 0.1) is 0 Å². The zero-order valence-electron chi connectivity index (χ0n) is 14.1. The van der Waals surface area contributed by atoms with Crippen molar-refractivity contribution in [2.45, 2.75) is 70.4 Å². The van der Waals surface area contributed by atoms with Gasteiger partial charge in [0.15, 0.2) is 0 Å². The van der Waals surface area contributed by atoms with Gasteiger partial charge in [0.05, 0.1) is 0 Å². The fourth-order valence-corrected chi connectivity index (χ4v) is 2.75. The van der Waals surface area contributed by atoms with Crippen LogP contribution in [0.15, 0.2) is 25.3 Å². The molecule has 0 aliphatic carbocycles. The summed E-state index contributed by atoms with van der Waals surface area (Å²) < 4.78 is 0. The van der Waals surface area contributed by atoms with Crippen LogP contribution in [0.25, 0.3) is 0 Å². The van der Waals surface area contributed by atoms with Crippen LogP contribution < -0.4 is 0 Å². The third-order valence-electron chi connectivity index (χ3n) is 4.09. The van der Waals surface area contributed by atoms with Crippen LogP contribution >= 0.6 is 0 Å². The van der Waals surface area contributed by atoms with Crippen molar-refractivity contribution in [1.82, 2.24) is 9.80 Å². The molecule has 1 saturated heterocycles. The van der Waals surface area contributed by atoms with Crippen LogP contribution in [-0.2, 0) is 4.79 Å². The summed E-state index contributed by atoms with van der Waals surface area (Å²) in [6.45, 7) is 10.4. The van der Waals surface area contributed by atoms with Crippen LogP contribution in [0.4, 0.5) is 4.79 Å². The van der Waals surface area contributed by atoms with Crippen molar-refractivity contribution >= 4 is 11.9 Å². The van der Waals surface area contributed by atoms with Crippen LogP contribution in [0.2, 0.25) is 0 Å². The number of allylic oxidation sites excluding steroid dienone is 2. The molecule has 6 heteroatoms. The number of nitrogens with zero attached hydrogens (tertiary/aromatic N) is 2. The number of hydrogen-bond donors (Lipinski definition) is 2. The summed E-state index contributed by atoms with van der Waals surface area (Å²) >= 11 is 0. The first-order valence-electron chi connectivity index (χ1n) is 8.03. The fourth-order valence-electron chi connectivity index (χ4n) is 2.75. The summed E-state index contributed by atoms with van der Waals surface area (Å²) in [5.74, 6) is -0.489. The van der Waals surface area contributed by atoms with Gasteiger partial charge in [0.1, 0.15) is 18.0 Å². The molecule has 0 aromatic carbocycles. The number of rotatable bonds is 10. The SMILES string of the molecule is C=CCCC[C@H](O)N1C(=O)N([C@@H](O)CCCC=C)C(C)(C)C1=O. The Hall–Kier alpha value is -1.66. The van der Waals surface area contributed by atoms with E-state index in [-0.39, 0.29) is 0 Å². The average Bonchev–Trinajstić information content (AvgIpc) is 2.65. The molecular formula is C17H28N2O4. The Labute approximate surface area is 138 Å². The van der Waals surface area contributed by atoms with Crippen molar-refractivity contribution in [2.24, 2.45) is 0 Å². The van der Waals surface area contributed by atoms with Crippen molar-refractivity contribution in [3.8, 4) is 0 Å². The number of unbranched alkanes of at least 4 members (excludes halogenated alkanes) is 2. The van der Waals surface area contributed by atoms with Gasteiger partial charge in [0.2, 0.25) is 0 Å². The van der Waals surface area contributed by atoms with E-state index in [1.807, 2.05) is 0 Å². The van der Waals surface area contributed by atoms with Crippen molar-refractivity contribution in [3.05, 3.63) is 25.3 Å². The number of carbonyl (C=O) groups is 2. The molecule has 2 atom stereocenters. The Morgan fingerprint density at radius 3 is 2.00 bits per heavy atom. The summed E-state index contributed by atoms with van der Waals surface area (Å²) in [4.78, 5) is 27.1. The van der Waals surface area contributed by atoms with Crippen LogP contribution in [0.1, 0.15) is 52.4 Å². The predicted octanol–water partition coefficient (Wildman–Crippen LogP) is 2.38. The molecule has 1 fully saturated rings. The van der Waals surface area contributed by atoms with E-state index >= 15 is 0 Å². The van der Waals surface area contributed by atoms with Gasteiger partial charge in [-0.3, -0.25) is 9.69 Å². The average molecular weight is 324 g/mol. The standard InChI is InChI=1S/C17H28N2O4/c1-5-7-9-11-13(20)18-15(22)17(3,4)19(16(18)23)14(21)12-10-8-6-2/h5-6,13-14,20-21H,1-2,7-12H2,3-4H3/t13-,14-/m0/s1. The minimum absolute atomic E-state index is 0.292. The zero-order valence-corrected chi connectivity index (χ0v) is 14.1. The van der Waals surface area contributed by atoms with Gasteiger partial charge in [-0.25, -0.2) is 9.69 Å². The Morgan fingerprint density at radius 2 is 1.52 bits per heavy atom. The Morgan fingerprint density at radius 1 is 1.04 bits per heavy atom. The number of aliphatic hydroxyl groups is 2. The summed E-state index contributed by atoms with van der Waals surface area (Å²) in [5.41, 5.74) is -1.18. The van der Waals surface area contributed by atoms with Gasteiger partial charge in [0, 0.05) is 0 Å². The molecule has 0 aromatic rings. The third kappa shape index (κ3) is 4.20. The molecule has 0 radical (unpaired) electrons. The minimum atomic E-state index is -1.18.